The monoisotopic (exact) mass is 310 g/mol. The first kappa shape index (κ1) is 14.6. The normalized spacial score (nSPS) is 11.3. The summed E-state index contributed by atoms with van der Waals surface area (Å²) >= 11 is 1.23. The SMILES string of the molecule is CCn1cc(S(=O)(=O)Nc2sc(C)cc2C#N)nc1C. The van der Waals surface area contributed by atoms with Gasteiger partial charge < -0.3 is 4.57 Å². The summed E-state index contributed by atoms with van der Waals surface area (Å²) in [5.74, 6) is 0.635. The molecule has 0 unspecified atom stereocenters. The van der Waals surface area contributed by atoms with Gasteiger partial charge in [0.1, 0.15) is 16.9 Å². The quantitative estimate of drug-likeness (QED) is 0.938. The highest BCUT2D eigenvalue weighted by molar-refractivity contribution is 7.92. The molecule has 2 rings (SSSR count). The average Bonchev–Trinajstić information content (AvgIpc) is 2.92. The maximum atomic E-state index is 12.3. The third kappa shape index (κ3) is 2.69. The smallest absolute Gasteiger partial charge is 0.281 e. The molecule has 0 aliphatic rings. The van der Waals surface area contributed by atoms with Gasteiger partial charge >= 0.3 is 0 Å². The van der Waals surface area contributed by atoms with Crippen molar-refractivity contribution >= 4 is 26.4 Å². The van der Waals surface area contributed by atoms with Gasteiger partial charge in [-0.15, -0.1) is 11.3 Å². The van der Waals surface area contributed by atoms with E-state index in [-0.39, 0.29) is 5.03 Å². The maximum Gasteiger partial charge on any atom is 0.281 e. The molecule has 2 heterocycles. The molecule has 0 fully saturated rings. The Morgan fingerprint density at radius 2 is 2.20 bits per heavy atom. The number of rotatable bonds is 4. The van der Waals surface area contributed by atoms with Crippen LogP contribution in [-0.4, -0.2) is 18.0 Å². The molecule has 8 heteroatoms. The summed E-state index contributed by atoms with van der Waals surface area (Å²) in [6.45, 7) is 6.13. The Hall–Kier alpha value is -1.85. The molecule has 0 aromatic carbocycles. The summed E-state index contributed by atoms with van der Waals surface area (Å²) < 4.78 is 28.7. The van der Waals surface area contributed by atoms with Crippen molar-refractivity contribution in [1.29, 1.82) is 5.26 Å². The van der Waals surface area contributed by atoms with E-state index in [0.29, 0.717) is 22.9 Å². The number of sulfonamides is 1. The van der Waals surface area contributed by atoms with E-state index in [4.69, 9.17) is 5.26 Å². The molecule has 1 N–H and O–H groups in total. The molecule has 0 bridgehead atoms. The fraction of sp³-hybridized carbons (Fsp3) is 0.333. The minimum absolute atomic E-state index is 0.0354. The predicted molar refractivity (Wildman–Crippen MR) is 77.2 cm³/mol. The van der Waals surface area contributed by atoms with Crippen LogP contribution in [0, 0.1) is 25.2 Å². The van der Waals surface area contributed by atoms with Gasteiger partial charge in [-0.25, -0.2) is 4.98 Å². The van der Waals surface area contributed by atoms with Gasteiger partial charge in [-0.1, -0.05) is 0 Å². The minimum Gasteiger partial charge on any atom is -0.334 e. The lowest BCUT2D eigenvalue weighted by Crippen LogP contribution is -2.13. The second-order valence-electron chi connectivity index (χ2n) is 4.23. The lowest BCUT2D eigenvalue weighted by molar-refractivity contribution is 0.598. The van der Waals surface area contributed by atoms with Gasteiger partial charge in [0.15, 0.2) is 5.03 Å². The third-order valence-electron chi connectivity index (χ3n) is 2.77. The Morgan fingerprint density at radius 1 is 1.50 bits per heavy atom. The first-order valence-electron chi connectivity index (χ1n) is 5.94. The van der Waals surface area contributed by atoms with Crippen molar-refractivity contribution < 1.29 is 8.42 Å². The highest BCUT2D eigenvalue weighted by Crippen LogP contribution is 2.28. The molecule has 6 nitrogen and oxygen atoms in total. The topological polar surface area (TPSA) is 87.8 Å². The van der Waals surface area contributed by atoms with Crippen molar-refractivity contribution in [1.82, 2.24) is 9.55 Å². The van der Waals surface area contributed by atoms with E-state index in [1.54, 1.807) is 17.6 Å². The number of aromatic nitrogens is 2. The van der Waals surface area contributed by atoms with Crippen molar-refractivity contribution in [2.45, 2.75) is 32.3 Å². The Balaban J connectivity index is 2.38. The number of hydrogen-bond acceptors (Lipinski definition) is 5. The molecule has 0 amide bonds. The van der Waals surface area contributed by atoms with Crippen LogP contribution >= 0.6 is 11.3 Å². The molecule has 0 aliphatic heterocycles. The Morgan fingerprint density at radius 3 is 2.75 bits per heavy atom. The number of nitrogens with one attached hydrogen (secondary N) is 1. The Kier molecular flexibility index (Phi) is 3.83. The second-order valence-corrected chi connectivity index (χ2v) is 7.12. The van der Waals surface area contributed by atoms with E-state index >= 15 is 0 Å². The van der Waals surface area contributed by atoms with Crippen LogP contribution in [0.3, 0.4) is 0 Å². The molecule has 0 spiro atoms. The summed E-state index contributed by atoms with van der Waals surface area (Å²) in [5.41, 5.74) is 0.322. The lowest BCUT2D eigenvalue weighted by atomic mass is 10.3. The summed E-state index contributed by atoms with van der Waals surface area (Å²) in [7, 11) is -3.77. The maximum absolute atomic E-state index is 12.3. The van der Waals surface area contributed by atoms with Gasteiger partial charge in [-0.05, 0) is 26.8 Å². The molecular weight excluding hydrogens is 296 g/mol. The molecular formula is C12H14N4O2S2. The summed E-state index contributed by atoms with van der Waals surface area (Å²) in [6.07, 6.45) is 1.49. The molecule has 0 radical (unpaired) electrons. The van der Waals surface area contributed by atoms with Gasteiger partial charge in [0.25, 0.3) is 10.0 Å². The van der Waals surface area contributed by atoms with Crippen molar-refractivity contribution in [2.24, 2.45) is 0 Å². The fourth-order valence-electron chi connectivity index (χ4n) is 1.78. The van der Waals surface area contributed by atoms with Crippen LogP contribution in [0.25, 0.3) is 0 Å². The van der Waals surface area contributed by atoms with E-state index in [1.165, 1.54) is 17.5 Å². The summed E-state index contributed by atoms with van der Waals surface area (Å²) in [5, 5.41) is 9.28. The predicted octanol–water partition coefficient (Wildman–Crippen LogP) is 2.25. The average molecular weight is 310 g/mol. The molecule has 106 valence electrons. The number of aryl methyl sites for hydroxylation is 3. The van der Waals surface area contributed by atoms with Crippen LogP contribution in [0.2, 0.25) is 0 Å². The number of imidazole rings is 1. The van der Waals surface area contributed by atoms with Gasteiger partial charge in [0.05, 0.1) is 5.56 Å². The zero-order chi connectivity index (χ0) is 14.9. The highest BCUT2D eigenvalue weighted by atomic mass is 32.2. The Bertz CT molecular complexity index is 781. The van der Waals surface area contributed by atoms with Gasteiger partial charge in [-0.3, -0.25) is 4.72 Å². The van der Waals surface area contributed by atoms with Crippen LogP contribution in [0.15, 0.2) is 17.3 Å². The van der Waals surface area contributed by atoms with Crippen molar-refractivity contribution in [3.05, 3.63) is 28.5 Å². The standard InChI is InChI=1S/C12H14N4O2S2/c1-4-16-7-11(14-9(16)3)20(17,18)15-12-10(6-13)5-8(2)19-12/h5,7,15H,4H2,1-3H3. The molecule has 0 aliphatic carbocycles. The number of nitriles is 1. The summed E-state index contributed by atoms with van der Waals surface area (Å²) in [4.78, 5) is 4.92. The van der Waals surface area contributed by atoms with Crippen LogP contribution < -0.4 is 4.72 Å². The minimum atomic E-state index is -3.77. The molecule has 2 aromatic heterocycles. The van der Waals surface area contributed by atoms with Crippen LogP contribution in [0.5, 0.6) is 0 Å². The van der Waals surface area contributed by atoms with E-state index in [9.17, 15) is 8.42 Å². The zero-order valence-corrected chi connectivity index (χ0v) is 13.0. The molecule has 0 saturated heterocycles. The van der Waals surface area contributed by atoms with Crippen LogP contribution in [0.1, 0.15) is 23.2 Å². The second kappa shape index (κ2) is 5.26. The van der Waals surface area contributed by atoms with E-state index < -0.39 is 10.0 Å². The van der Waals surface area contributed by atoms with Crippen molar-refractivity contribution in [2.75, 3.05) is 4.72 Å². The van der Waals surface area contributed by atoms with Gasteiger partial charge in [0.2, 0.25) is 0 Å². The van der Waals surface area contributed by atoms with Crippen LogP contribution in [0.4, 0.5) is 5.00 Å². The van der Waals surface area contributed by atoms with Crippen molar-refractivity contribution in [3.63, 3.8) is 0 Å². The number of hydrogen-bond donors (Lipinski definition) is 1. The molecule has 20 heavy (non-hydrogen) atoms. The van der Waals surface area contributed by atoms with Gasteiger partial charge in [0, 0.05) is 17.6 Å². The van der Waals surface area contributed by atoms with Crippen LogP contribution in [-0.2, 0) is 16.6 Å². The molecule has 0 saturated carbocycles. The summed E-state index contributed by atoms with van der Waals surface area (Å²) in [6, 6.07) is 3.63. The van der Waals surface area contributed by atoms with E-state index in [2.05, 4.69) is 9.71 Å². The van der Waals surface area contributed by atoms with E-state index in [0.717, 1.165) is 4.88 Å². The first-order chi connectivity index (χ1) is 9.37. The number of anilines is 1. The first-order valence-corrected chi connectivity index (χ1v) is 8.24. The molecule has 2 aromatic rings. The fourth-order valence-corrected chi connectivity index (χ4v) is 3.96. The Labute approximate surface area is 121 Å². The highest BCUT2D eigenvalue weighted by Gasteiger charge is 2.21. The molecule has 0 atom stereocenters. The lowest BCUT2D eigenvalue weighted by Gasteiger charge is -2.03. The van der Waals surface area contributed by atoms with Gasteiger partial charge in [-0.2, -0.15) is 13.7 Å². The number of nitrogens with zero attached hydrogens (tertiary/aromatic N) is 3. The third-order valence-corrected chi connectivity index (χ3v) is 5.09. The zero-order valence-electron chi connectivity index (χ0n) is 11.3. The largest absolute Gasteiger partial charge is 0.334 e. The number of thiophene rings is 1. The van der Waals surface area contributed by atoms with Crippen molar-refractivity contribution in [3.8, 4) is 6.07 Å². The van der Waals surface area contributed by atoms with E-state index in [1.807, 2.05) is 19.9 Å².